The van der Waals surface area contributed by atoms with Gasteiger partial charge in [-0.3, -0.25) is 4.79 Å². The fourth-order valence-corrected chi connectivity index (χ4v) is 2.66. The summed E-state index contributed by atoms with van der Waals surface area (Å²) in [5, 5.41) is 6.55. The van der Waals surface area contributed by atoms with Gasteiger partial charge in [-0.15, -0.1) is 0 Å². The lowest BCUT2D eigenvalue weighted by molar-refractivity contribution is 0.0948. The molecule has 3 rings (SSSR count). The highest BCUT2D eigenvalue weighted by molar-refractivity contribution is 6.30. The Morgan fingerprint density at radius 1 is 1.04 bits per heavy atom. The molecule has 0 saturated heterocycles. The summed E-state index contributed by atoms with van der Waals surface area (Å²) in [6.45, 7) is 0.592. The fourth-order valence-electron chi connectivity index (χ4n) is 2.47. The zero-order valence-electron chi connectivity index (χ0n) is 14.2. The molecule has 2 aromatic carbocycles. The Labute approximate surface area is 157 Å². The number of carbonyl (C=O) groups is 1. The molecule has 2 N–H and O–H groups in total. The predicted molar refractivity (Wildman–Crippen MR) is 104 cm³/mol. The highest BCUT2D eigenvalue weighted by Gasteiger charge is 2.08. The SMILES string of the molecule is O=C(NCCCc1ccccc1)c1ccnc(Nc2cccc(Cl)c2)n1. The molecular weight excluding hydrogens is 348 g/mol. The van der Waals surface area contributed by atoms with Gasteiger partial charge < -0.3 is 10.6 Å². The van der Waals surface area contributed by atoms with Gasteiger partial charge in [-0.1, -0.05) is 48.0 Å². The smallest absolute Gasteiger partial charge is 0.270 e. The number of amides is 1. The van der Waals surface area contributed by atoms with Gasteiger partial charge in [0.05, 0.1) is 0 Å². The van der Waals surface area contributed by atoms with Crippen molar-refractivity contribution >= 4 is 29.1 Å². The minimum atomic E-state index is -0.213. The lowest BCUT2D eigenvalue weighted by Crippen LogP contribution is -2.26. The van der Waals surface area contributed by atoms with E-state index in [1.165, 1.54) is 5.56 Å². The molecule has 1 heterocycles. The van der Waals surface area contributed by atoms with E-state index in [-0.39, 0.29) is 5.91 Å². The summed E-state index contributed by atoms with van der Waals surface area (Å²) >= 11 is 5.96. The molecule has 0 bridgehead atoms. The number of aromatic nitrogens is 2. The number of nitrogens with one attached hydrogen (secondary N) is 2. The first-order chi connectivity index (χ1) is 12.7. The van der Waals surface area contributed by atoms with E-state index in [1.54, 1.807) is 24.4 Å². The molecule has 0 atom stereocenters. The van der Waals surface area contributed by atoms with E-state index in [4.69, 9.17) is 11.6 Å². The van der Waals surface area contributed by atoms with Crippen LogP contribution < -0.4 is 10.6 Å². The Bertz CT molecular complexity index is 870. The molecular formula is C20H19ClN4O. The van der Waals surface area contributed by atoms with Crippen LogP contribution in [0.2, 0.25) is 5.02 Å². The second-order valence-electron chi connectivity index (χ2n) is 5.75. The number of aryl methyl sites for hydroxylation is 1. The second kappa shape index (κ2) is 8.97. The van der Waals surface area contributed by atoms with E-state index in [1.807, 2.05) is 30.3 Å². The number of anilines is 2. The van der Waals surface area contributed by atoms with Gasteiger partial charge in [-0.2, -0.15) is 0 Å². The van der Waals surface area contributed by atoms with E-state index < -0.39 is 0 Å². The third kappa shape index (κ3) is 5.29. The molecule has 0 aliphatic carbocycles. The standard InChI is InChI=1S/C20H19ClN4O/c21-16-9-4-10-17(14-16)24-20-23-13-11-18(25-20)19(26)22-12-5-8-15-6-2-1-3-7-15/h1-4,6-7,9-11,13-14H,5,8,12H2,(H,22,26)(H,23,24,25). The molecule has 1 amide bonds. The topological polar surface area (TPSA) is 66.9 Å². The van der Waals surface area contributed by atoms with Crippen LogP contribution >= 0.6 is 11.6 Å². The van der Waals surface area contributed by atoms with Gasteiger partial charge in [0.25, 0.3) is 5.91 Å². The predicted octanol–water partition coefficient (Wildman–Crippen LogP) is 4.24. The third-order valence-corrected chi connectivity index (χ3v) is 3.97. The number of hydrogen-bond acceptors (Lipinski definition) is 4. The highest BCUT2D eigenvalue weighted by Crippen LogP contribution is 2.17. The second-order valence-corrected chi connectivity index (χ2v) is 6.18. The molecule has 0 radical (unpaired) electrons. The van der Waals surface area contributed by atoms with Crippen LogP contribution in [-0.4, -0.2) is 22.4 Å². The molecule has 26 heavy (non-hydrogen) atoms. The van der Waals surface area contributed by atoms with E-state index in [2.05, 4.69) is 32.7 Å². The molecule has 0 saturated carbocycles. The van der Waals surface area contributed by atoms with Crippen LogP contribution in [0.5, 0.6) is 0 Å². The van der Waals surface area contributed by atoms with Crippen LogP contribution in [0.3, 0.4) is 0 Å². The Morgan fingerprint density at radius 2 is 1.88 bits per heavy atom. The number of benzene rings is 2. The molecule has 3 aromatic rings. The van der Waals surface area contributed by atoms with Crippen LogP contribution in [-0.2, 0) is 6.42 Å². The molecule has 0 aliphatic heterocycles. The van der Waals surface area contributed by atoms with Gasteiger partial charge in [0.1, 0.15) is 5.69 Å². The number of carbonyl (C=O) groups excluding carboxylic acids is 1. The van der Waals surface area contributed by atoms with Crippen molar-refractivity contribution in [3.8, 4) is 0 Å². The van der Waals surface area contributed by atoms with Crippen LogP contribution in [0.4, 0.5) is 11.6 Å². The van der Waals surface area contributed by atoms with Gasteiger partial charge in [0, 0.05) is 23.5 Å². The fraction of sp³-hybridized carbons (Fsp3) is 0.150. The first kappa shape index (κ1) is 17.9. The van der Waals surface area contributed by atoms with Crippen molar-refractivity contribution in [2.75, 3.05) is 11.9 Å². The van der Waals surface area contributed by atoms with Crippen LogP contribution in [0, 0.1) is 0 Å². The molecule has 5 nitrogen and oxygen atoms in total. The van der Waals surface area contributed by atoms with Crippen LogP contribution in [0.15, 0.2) is 66.9 Å². The number of rotatable bonds is 7. The highest BCUT2D eigenvalue weighted by atomic mass is 35.5. The minimum absolute atomic E-state index is 0.213. The quantitative estimate of drug-likeness (QED) is 0.614. The Kier molecular flexibility index (Phi) is 6.17. The van der Waals surface area contributed by atoms with Gasteiger partial charge in [-0.25, -0.2) is 9.97 Å². The number of hydrogen-bond donors (Lipinski definition) is 2. The van der Waals surface area contributed by atoms with Crippen molar-refractivity contribution < 1.29 is 4.79 Å². The van der Waals surface area contributed by atoms with E-state index in [9.17, 15) is 4.79 Å². The minimum Gasteiger partial charge on any atom is -0.351 e. The van der Waals surface area contributed by atoms with Crippen molar-refractivity contribution in [3.63, 3.8) is 0 Å². The zero-order valence-corrected chi connectivity index (χ0v) is 14.9. The average Bonchev–Trinajstić information content (AvgIpc) is 2.66. The Balaban J connectivity index is 1.53. The van der Waals surface area contributed by atoms with Gasteiger partial charge in [0.15, 0.2) is 0 Å². The summed E-state index contributed by atoms with van der Waals surface area (Å²) < 4.78 is 0. The largest absolute Gasteiger partial charge is 0.351 e. The summed E-state index contributed by atoms with van der Waals surface area (Å²) in [6.07, 6.45) is 3.35. The van der Waals surface area contributed by atoms with Gasteiger partial charge in [0.2, 0.25) is 5.95 Å². The van der Waals surface area contributed by atoms with Gasteiger partial charge in [-0.05, 0) is 42.7 Å². The van der Waals surface area contributed by atoms with Crippen molar-refractivity contribution in [3.05, 3.63) is 83.1 Å². The summed E-state index contributed by atoms with van der Waals surface area (Å²) in [5.41, 5.74) is 2.35. The molecule has 0 aliphatic rings. The van der Waals surface area contributed by atoms with Gasteiger partial charge >= 0.3 is 0 Å². The summed E-state index contributed by atoms with van der Waals surface area (Å²) in [7, 11) is 0. The first-order valence-corrected chi connectivity index (χ1v) is 8.76. The van der Waals surface area contributed by atoms with Crippen LogP contribution in [0.1, 0.15) is 22.5 Å². The van der Waals surface area contributed by atoms with Crippen molar-refractivity contribution in [2.24, 2.45) is 0 Å². The molecule has 0 unspecified atom stereocenters. The van der Waals surface area contributed by atoms with Crippen molar-refractivity contribution in [2.45, 2.75) is 12.8 Å². The van der Waals surface area contributed by atoms with Crippen molar-refractivity contribution in [1.82, 2.24) is 15.3 Å². The maximum Gasteiger partial charge on any atom is 0.270 e. The molecule has 132 valence electrons. The van der Waals surface area contributed by atoms with E-state index in [0.717, 1.165) is 18.5 Å². The van der Waals surface area contributed by atoms with Crippen molar-refractivity contribution in [1.29, 1.82) is 0 Å². The molecule has 0 spiro atoms. The first-order valence-electron chi connectivity index (χ1n) is 8.38. The third-order valence-electron chi connectivity index (χ3n) is 3.74. The molecule has 0 fully saturated rings. The molecule has 1 aromatic heterocycles. The lowest BCUT2D eigenvalue weighted by Gasteiger charge is -2.08. The number of halogens is 1. The summed E-state index contributed by atoms with van der Waals surface area (Å²) in [4.78, 5) is 20.7. The maximum absolute atomic E-state index is 12.3. The Morgan fingerprint density at radius 3 is 2.69 bits per heavy atom. The summed E-state index contributed by atoms with van der Waals surface area (Å²) in [5.74, 6) is 0.138. The number of nitrogens with zero attached hydrogens (tertiary/aromatic N) is 2. The maximum atomic E-state index is 12.3. The molecule has 6 heteroatoms. The normalized spacial score (nSPS) is 10.3. The zero-order chi connectivity index (χ0) is 18.2. The van der Waals surface area contributed by atoms with E-state index in [0.29, 0.717) is 23.2 Å². The lowest BCUT2D eigenvalue weighted by atomic mass is 10.1. The monoisotopic (exact) mass is 366 g/mol. The van der Waals surface area contributed by atoms with Crippen LogP contribution in [0.25, 0.3) is 0 Å². The Hall–Kier alpha value is -2.92. The summed E-state index contributed by atoms with van der Waals surface area (Å²) in [6, 6.07) is 19.0. The van der Waals surface area contributed by atoms with E-state index >= 15 is 0 Å². The average molecular weight is 367 g/mol.